The van der Waals surface area contributed by atoms with Gasteiger partial charge in [0.05, 0.1) is 11.9 Å². The van der Waals surface area contributed by atoms with Crippen molar-refractivity contribution in [2.75, 3.05) is 25.0 Å². The number of carbonyl (C=O) groups excluding carboxylic acids is 1. The fourth-order valence-corrected chi connectivity index (χ4v) is 3.03. The van der Waals surface area contributed by atoms with Gasteiger partial charge in [0, 0.05) is 25.2 Å². The zero-order valence-corrected chi connectivity index (χ0v) is 15.1. The average Bonchev–Trinajstić information content (AvgIpc) is 3.10. The van der Waals surface area contributed by atoms with Crippen LogP contribution in [0, 0.1) is 5.92 Å². The number of anilines is 1. The Bertz CT molecular complexity index is 606. The molecule has 2 heterocycles. The minimum absolute atomic E-state index is 0.0723. The van der Waals surface area contributed by atoms with Crippen molar-refractivity contribution in [2.45, 2.75) is 52.4 Å². The molecule has 1 atom stereocenters. The molecular weight excluding hydrogens is 335 g/mol. The number of urea groups is 1. The molecule has 142 valence electrons. The van der Waals surface area contributed by atoms with Crippen molar-refractivity contribution in [1.82, 2.24) is 20.0 Å². The van der Waals surface area contributed by atoms with Crippen LogP contribution in [0.5, 0.6) is 0 Å². The number of aromatic nitrogens is 2. The van der Waals surface area contributed by atoms with E-state index in [1.54, 1.807) is 6.92 Å². The summed E-state index contributed by atoms with van der Waals surface area (Å²) in [5.41, 5.74) is -1.19. The van der Waals surface area contributed by atoms with Crippen LogP contribution < -0.4 is 10.6 Å². The first-order valence-electron chi connectivity index (χ1n) is 8.45. The van der Waals surface area contributed by atoms with Crippen LogP contribution in [0.2, 0.25) is 0 Å². The largest absolute Gasteiger partial charge is 0.435 e. The molecule has 1 aromatic rings. The first-order valence-corrected chi connectivity index (χ1v) is 8.45. The van der Waals surface area contributed by atoms with Crippen LogP contribution >= 0.6 is 0 Å². The lowest BCUT2D eigenvalue weighted by molar-refractivity contribution is -0.143. The summed E-state index contributed by atoms with van der Waals surface area (Å²) in [5.74, 6) is 0.297. The van der Waals surface area contributed by atoms with Crippen LogP contribution in [0.3, 0.4) is 0 Å². The SMILES string of the molecule is CCn1ncc(NC(=O)NCC2CCN(C(C)(C)C)C2)c1C(F)(F)F. The Morgan fingerprint density at radius 2 is 2.04 bits per heavy atom. The standard InChI is InChI=1S/C16H26F3N5O/c1-5-24-13(16(17,18)19)12(9-21-24)22-14(25)20-8-11-6-7-23(10-11)15(2,3)4/h9,11H,5-8,10H2,1-4H3,(H2,20,22,25). The third-order valence-corrected chi connectivity index (χ3v) is 4.44. The van der Waals surface area contributed by atoms with E-state index in [4.69, 9.17) is 0 Å². The van der Waals surface area contributed by atoms with E-state index < -0.39 is 17.9 Å². The second kappa shape index (κ2) is 7.23. The third kappa shape index (κ3) is 4.87. The Morgan fingerprint density at radius 1 is 1.36 bits per heavy atom. The van der Waals surface area contributed by atoms with Crippen LogP contribution in [-0.2, 0) is 12.7 Å². The predicted molar refractivity (Wildman–Crippen MR) is 89.4 cm³/mol. The molecule has 0 aromatic carbocycles. The lowest BCUT2D eigenvalue weighted by Crippen LogP contribution is -2.40. The summed E-state index contributed by atoms with van der Waals surface area (Å²) in [7, 11) is 0. The quantitative estimate of drug-likeness (QED) is 0.866. The molecule has 25 heavy (non-hydrogen) atoms. The molecule has 0 radical (unpaired) electrons. The number of nitrogens with one attached hydrogen (secondary N) is 2. The van der Waals surface area contributed by atoms with E-state index in [-0.39, 0.29) is 17.8 Å². The number of amides is 2. The Labute approximate surface area is 145 Å². The average molecular weight is 361 g/mol. The molecule has 0 saturated carbocycles. The molecule has 1 saturated heterocycles. The van der Waals surface area contributed by atoms with Gasteiger partial charge in [-0.15, -0.1) is 0 Å². The summed E-state index contributed by atoms with van der Waals surface area (Å²) in [6.07, 6.45) is -2.59. The van der Waals surface area contributed by atoms with Gasteiger partial charge in [-0.25, -0.2) is 4.79 Å². The highest BCUT2D eigenvalue weighted by atomic mass is 19.4. The van der Waals surface area contributed by atoms with E-state index in [1.807, 2.05) is 0 Å². The van der Waals surface area contributed by atoms with Crippen molar-refractivity contribution >= 4 is 11.7 Å². The fraction of sp³-hybridized carbons (Fsp3) is 0.750. The van der Waals surface area contributed by atoms with Gasteiger partial charge in [-0.2, -0.15) is 18.3 Å². The van der Waals surface area contributed by atoms with Gasteiger partial charge < -0.3 is 10.6 Å². The molecule has 2 amide bonds. The summed E-state index contributed by atoms with van der Waals surface area (Å²) in [4.78, 5) is 14.3. The summed E-state index contributed by atoms with van der Waals surface area (Å²) in [6, 6.07) is -0.643. The topological polar surface area (TPSA) is 62.2 Å². The van der Waals surface area contributed by atoms with Gasteiger partial charge >= 0.3 is 12.2 Å². The van der Waals surface area contributed by atoms with Gasteiger partial charge in [-0.05, 0) is 46.6 Å². The molecule has 0 spiro atoms. The van der Waals surface area contributed by atoms with Crippen molar-refractivity contribution in [3.63, 3.8) is 0 Å². The number of hydrogen-bond donors (Lipinski definition) is 2. The maximum Gasteiger partial charge on any atom is 0.435 e. The predicted octanol–water partition coefficient (Wildman–Crippen LogP) is 3.16. The molecule has 1 aliphatic rings. The zero-order chi connectivity index (χ0) is 18.8. The van der Waals surface area contributed by atoms with Gasteiger partial charge in [-0.3, -0.25) is 9.58 Å². The maximum atomic E-state index is 13.1. The van der Waals surface area contributed by atoms with Crippen molar-refractivity contribution in [1.29, 1.82) is 0 Å². The second-order valence-electron chi connectivity index (χ2n) is 7.33. The van der Waals surface area contributed by atoms with Crippen molar-refractivity contribution in [3.8, 4) is 0 Å². The van der Waals surface area contributed by atoms with Gasteiger partial charge in [0.2, 0.25) is 0 Å². The lowest BCUT2D eigenvalue weighted by Gasteiger charge is -2.31. The molecule has 1 unspecified atom stereocenters. The molecule has 6 nitrogen and oxygen atoms in total. The van der Waals surface area contributed by atoms with Gasteiger partial charge in [-0.1, -0.05) is 0 Å². The molecule has 2 N–H and O–H groups in total. The van der Waals surface area contributed by atoms with Gasteiger partial charge in [0.1, 0.15) is 0 Å². The number of likely N-dealkylation sites (tertiary alicyclic amines) is 1. The minimum Gasteiger partial charge on any atom is -0.338 e. The highest BCUT2D eigenvalue weighted by Crippen LogP contribution is 2.34. The van der Waals surface area contributed by atoms with E-state index >= 15 is 0 Å². The number of rotatable bonds is 4. The minimum atomic E-state index is -4.58. The normalized spacial score (nSPS) is 19.2. The first kappa shape index (κ1) is 19.6. The van der Waals surface area contributed by atoms with Crippen molar-refractivity contribution in [2.24, 2.45) is 5.92 Å². The monoisotopic (exact) mass is 361 g/mol. The van der Waals surface area contributed by atoms with Crippen LogP contribution in [0.25, 0.3) is 0 Å². The lowest BCUT2D eigenvalue weighted by atomic mass is 10.1. The molecule has 1 aromatic heterocycles. The first-order chi connectivity index (χ1) is 11.5. The van der Waals surface area contributed by atoms with E-state index in [0.29, 0.717) is 12.5 Å². The maximum absolute atomic E-state index is 13.1. The number of aryl methyl sites for hydroxylation is 1. The summed E-state index contributed by atoms with van der Waals surface area (Å²) >= 11 is 0. The van der Waals surface area contributed by atoms with Gasteiger partial charge in [0.25, 0.3) is 0 Å². The van der Waals surface area contributed by atoms with E-state index in [2.05, 4.69) is 41.4 Å². The highest BCUT2D eigenvalue weighted by molar-refractivity contribution is 5.89. The van der Waals surface area contributed by atoms with Crippen molar-refractivity contribution < 1.29 is 18.0 Å². The fourth-order valence-electron chi connectivity index (χ4n) is 3.03. The smallest absolute Gasteiger partial charge is 0.338 e. The molecule has 0 aliphatic carbocycles. The van der Waals surface area contributed by atoms with Crippen LogP contribution in [0.15, 0.2) is 6.20 Å². The van der Waals surface area contributed by atoms with Crippen LogP contribution in [0.1, 0.15) is 39.8 Å². The summed E-state index contributed by atoms with van der Waals surface area (Å²) < 4.78 is 40.2. The number of carbonyl (C=O) groups is 1. The number of nitrogens with zero attached hydrogens (tertiary/aromatic N) is 3. The second-order valence-corrected chi connectivity index (χ2v) is 7.33. The Hall–Kier alpha value is -1.77. The van der Waals surface area contributed by atoms with Crippen LogP contribution in [-0.4, -0.2) is 45.9 Å². The molecule has 1 aliphatic heterocycles. The Kier molecular flexibility index (Phi) is 5.65. The molecular formula is C16H26F3N5O. The number of halogens is 3. The van der Waals surface area contributed by atoms with E-state index in [1.165, 1.54) is 0 Å². The summed E-state index contributed by atoms with van der Waals surface area (Å²) in [5, 5.41) is 8.62. The highest BCUT2D eigenvalue weighted by Gasteiger charge is 2.38. The van der Waals surface area contributed by atoms with Crippen molar-refractivity contribution in [3.05, 3.63) is 11.9 Å². The molecule has 2 rings (SSSR count). The van der Waals surface area contributed by atoms with E-state index in [0.717, 1.165) is 30.4 Å². The summed E-state index contributed by atoms with van der Waals surface area (Å²) in [6.45, 7) is 10.3. The number of alkyl halides is 3. The Morgan fingerprint density at radius 3 is 2.56 bits per heavy atom. The molecule has 9 heteroatoms. The zero-order valence-electron chi connectivity index (χ0n) is 15.1. The third-order valence-electron chi connectivity index (χ3n) is 4.44. The molecule has 1 fully saturated rings. The Balaban J connectivity index is 1.91. The molecule has 0 bridgehead atoms. The van der Waals surface area contributed by atoms with Crippen LogP contribution in [0.4, 0.5) is 23.7 Å². The number of hydrogen-bond acceptors (Lipinski definition) is 3. The van der Waals surface area contributed by atoms with Gasteiger partial charge in [0.15, 0.2) is 5.69 Å². The van der Waals surface area contributed by atoms with E-state index in [9.17, 15) is 18.0 Å².